The van der Waals surface area contributed by atoms with E-state index in [1.807, 2.05) is 32.4 Å². The molecule has 1 aromatic carbocycles. The van der Waals surface area contributed by atoms with Gasteiger partial charge in [0.25, 0.3) is 0 Å². The van der Waals surface area contributed by atoms with Crippen LogP contribution in [-0.2, 0) is 13.5 Å². The lowest BCUT2D eigenvalue weighted by molar-refractivity contribution is 0.540. The third kappa shape index (κ3) is 3.41. The van der Waals surface area contributed by atoms with Crippen molar-refractivity contribution in [3.8, 4) is 0 Å². The summed E-state index contributed by atoms with van der Waals surface area (Å²) in [5.74, 6) is -0.185. The van der Waals surface area contributed by atoms with Crippen molar-refractivity contribution in [3.05, 3.63) is 53.1 Å². The smallest absolute Gasteiger partial charge is 0.123 e. The molecule has 2 aromatic rings. The van der Waals surface area contributed by atoms with Gasteiger partial charge in [-0.1, -0.05) is 13.0 Å². The molecule has 0 aliphatic rings. The molecule has 19 heavy (non-hydrogen) atoms. The predicted octanol–water partition coefficient (Wildman–Crippen LogP) is 2.76. The Morgan fingerprint density at radius 1 is 1.42 bits per heavy atom. The second-order valence-corrected chi connectivity index (χ2v) is 4.84. The lowest BCUT2D eigenvalue weighted by atomic mass is 9.96. The van der Waals surface area contributed by atoms with Gasteiger partial charge in [0.1, 0.15) is 5.82 Å². The van der Waals surface area contributed by atoms with Crippen LogP contribution in [0.5, 0.6) is 0 Å². The van der Waals surface area contributed by atoms with Gasteiger partial charge in [0.15, 0.2) is 0 Å². The largest absolute Gasteiger partial charge is 0.310 e. The van der Waals surface area contributed by atoms with Crippen LogP contribution in [0.25, 0.3) is 0 Å². The summed E-state index contributed by atoms with van der Waals surface area (Å²) in [5, 5.41) is 7.60. The zero-order valence-corrected chi connectivity index (χ0v) is 11.7. The molecule has 1 N–H and O–H groups in total. The molecule has 0 aliphatic heterocycles. The van der Waals surface area contributed by atoms with Crippen LogP contribution in [-0.4, -0.2) is 16.3 Å². The van der Waals surface area contributed by atoms with Gasteiger partial charge in [-0.15, -0.1) is 0 Å². The van der Waals surface area contributed by atoms with Crippen LogP contribution in [0.2, 0.25) is 0 Å². The lowest BCUT2D eigenvalue weighted by Crippen LogP contribution is -2.23. The monoisotopic (exact) mass is 261 g/mol. The highest BCUT2D eigenvalue weighted by molar-refractivity contribution is 5.31. The van der Waals surface area contributed by atoms with E-state index in [4.69, 9.17) is 0 Å². The Morgan fingerprint density at radius 2 is 2.21 bits per heavy atom. The topological polar surface area (TPSA) is 29.9 Å². The average Bonchev–Trinajstić information content (AvgIpc) is 2.77. The van der Waals surface area contributed by atoms with Crippen LogP contribution in [0.3, 0.4) is 0 Å². The Balaban J connectivity index is 2.26. The fourth-order valence-corrected chi connectivity index (χ4v) is 2.34. The molecule has 0 saturated carbocycles. The number of nitrogens with zero attached hydrogens (tertiary/aromatic N) is 2. The normalized spacial score (nSPS) is 12.6. The highest BCUT2D eigenvalue weighted by Gasteiger charge is 2.15. The van der Waals surface area contributed by atoms with Crippen molar-refractivity contribution in [1.82, 2.24) is 15.1 Å². The number of aryl methyl sites for hydroxylation is 2. The van der Waals surface area contributed by atoms with Crippen molar-refractivity contribution in [2.45, 2.75) is 26.3 Å². The molecule has 1 heterocycles. The first kappa shape index (κ1) is 13.7. The fraction of sp³-hybridized carbons (Fsp3) is 0.400. The first-order valence-electron chi connectivity index (χ1n) is 6.57. The van der Waals surface area contributed by atoms with Crippen molar-refractivity contribution >= 4 is 0 Å². The molecule has 4 heteroatoms. The fourth-order valence-electron chi connectivity index (χ4n) is 2.34. The molecule has 1 aromatic heterocycles. The third-order valence-electron chi connectivity index (χ3n) is 3.27. The third-order valence-corrected chi connectivity index (χ3v) is 3.27. The first-order valence-corrected chi connectivity index (χ1v) is 6.57. The van der Waals surface area contributed by atoms with Crippen LogP contribution in [0.1, 0.15) is 29.7 Å². The molecule has 0 amide bonds. The van der Waals surface area contributed by atoms with Crippen LogP contribution in [0, 0.1) is 12.7 Å². The zero-order valence-electron chi connectivity index (χ0n) is 11.7. The highest BCUT2D eigenvalue weighted by atomic mass is 19.1. The maximum atomic E-state index is 13.4. The molecular formula is C15H20FN3. The molecule has 0 fully saturated rings. The van der Waals surface area contributed by atoms with Gasteiger partial charge in [-0.2, -0.15) is 5.10 Å². The van der Waals surface area contributed by atoms with E-state index in [9.17, 15) is 4.39 Å². The predicted molar refractivity (Wildman–Crippen MR) is 74.5 cm³/mol. The van der Waals surface area contributed by atoms with E-state index < -0.39 is 0 Å². The quantitative estimate of drug-likeness (QED) is 0.897. The SMILES string of the molecule is CCNC(Cc1cnn(C)c1)c1cc(F)ccc1C. The van der Waals surface area contributed by atoms with E-state index in [2.05, 4.69) is 17.3 Å². The van der Waals surface area contributed by atoms with E-state index in [1.54, 1.807) is 10.7 Å². The van der Waals surface area contributed by atoms with Crippen molar-refractivity contribution in [3.63, 3.8) is 0 Å². The van der Waals surface area contributed by atoms with E-state index in [0.717, 1.165) is 29.7 Å². The number of nitrogens with one attached hydrogen (secondary N) is 1. The second-order valence-electron chi connectivity index (χ2n) is 4.84. The van der Waals surface area contributed by atoms with Gasteiger partial charge in [0.2, 0.25) is 0 Å². The Morgan fingerprint density at radius 3 is 2.84 bits per heavy atom. The second kappa shape index (κ2) is 5.97. The Hall–Kier alpha value is -1.68. The summed E-state index contributed by atoms with van der Waals surface area (Å²) in [6, 6.07) is 5.08. The minimum Gasteiger partial charge on any atom is -0.310 e. The maximum absolute atomic E-state index is 13.4. The van der Waals surface area contributed by atoms with E-state index in [-0.39, 0.29) is 11.9 Å². The number of hydrogen-bond acceptors (Lipinski definition) is 2. The van der Waals surface area contributed by atoms with Gasteiger partial charge < -0.3 is 5.32 Å². The number of rotatable bonds is 5. The van der Waals surface area contributed by atoms with Crippen LogP contribution >= 0.6 is 0 Å². The van der Waals surface area contributed by atoms with E-state index >= 15 is 0 Å². The standard InChI is InChI=1S/C15H20FN3/c1-4-17-15(7-12-9-18-19(3)10-12)14-8-13(16)6-5-11(14)2/h5-6,8-10,15,17H,4,7H2,1-3H3. The molecule has 2 rings (SSSR count). The number of halogens is 1. The van der Waals surface area contributed by atoms with Gasteiger partial charge in [0, 0.05) is 19.3 Å². The van der Waals surface area contributed by atoms with E-state index in [1.165, 1.54) is 6.07 Å². The highest BCUT2D eigenvalue weighted by Crippen LogP contribution is 2.22. The molecule has 1 atom stereocenters. The number of likely N-dealkylation sites (N-methyl/N-ethyl adjacent to an activating group) is 1. The lowest BCUT2D eigenvalue weighted by Gasteiger charge is -2.20. The van der Waals surface area contributed by atoms with Crippen molar-refractivity contribution in [2.24, 2.45) is 7.05 Å². The summed E-state index contributed by atoms with van der Waals surface area (Å²) in [6.45, 7) is 4.92. The molecule has 0 saturated heterocycles. The Kier molecular flexibility index (Phi) is 4.32. The Bertz CT molecular complexity index is 548. The average molecular weight is 261 g/mol. The van der Waals surface area contributed by atoms with E-state index in [0.29, 0.717) is 0 Å². The summed E-state index contributed by atoms with van der Waals surface area (Å²) >= 11 is 0. The van der Waals surface area contributed by atoms with Gasteiger partial charge in [-0.3, -0.25) is 4.68 Å². The molecule has 0 aliphatic carbocycles. The molecule has 3 nitrogen and oxygen atoms in total. The molecule has 102 valence electrons. The molecule has 1 unspecified atom stereocenters. The maximum Gasteiger partial charge on any atom is 0.123 e. The first-order chi connectivity index (χ1) is 9.10. The minimum atomic E-state index is -0.185. The van der Waals surface area contributed by atoms with Crippen LogP contribution in [0.15, 0.2) is 30.6 Å². The molecule has 0 spiro atoms. The van der Waals surface area contributed by atoms with Crippen molar-refractivity contribution in [2.75, 3.05) is 6.54 Å². The van der Waals surface area contributed by atoms with Crippen LogP contribution in [0.4, 0.5) is 4.39 Å². The van der Waals surface area contributed by atoms with Crippen LogP contribution < -0.4 is 5.32 Å². The van der Waals surface area contributed by atoms with Crippen molar-refractivity contribution in [1.29, 1.82) is 0 Å². The summed E-state index contributed by atoms with van der Waals surface area (Å²) in [6.07, 6.45) is 4.67. The van der Waals surface area contributed by atoms with Crippen molar-refractivity contribution < 1.29 is 4.39 Å². The van der Waals surface area contributed by atoms with Gasteiger partial charge in [0.05, 0.1) is 6.20 Å². The zero-order chi connectivity index (χ0) is 13.8. The Labute approximate surface area is 113 Å². The summed E-state index contributed by atoms with van der Waals surface area (Å²) < 4.78 is 15.2. The molecule has 0 bridgehead atoms. The molecule has 0 radical (unpaired) electrons. The molecular weight excluding hydrogens is 241 g/mol. The number of aromatic nitrogens is 2. The number of hydrogen-bond donors (Lipinski definition) is 1. The van der Waals surface area contributed by atoms with Gasteiger partial charge >= 0.3 is 0 Å². The van der Waals surface area contributed by atoms with Gasteiger partial charge in [-0.05, 0) is 48.7 Å². The number of benzene rings is 1. The van der Waals surface area contributed by atoms with Gasteiger partial charge in [-0.25, -0.2) is 4.39 Å². The summed E-state index contributed by atoms with van der Waals surface area (Å²) in [5.41, 5.74) is 3.28. The minimum absolute atomic E-state index is 0.116. The summed E-state index contributed by atoms with van der Waals surface area (Å²) in [4.78, 5) is 0. The summed E-state index contributed by atoms with van der Waals surface area (Å²) in [7, 11) is 1.90.